The quantitative estimate of drug-likeness (QED) is 0.368. The summed E-state index contributed by atoms with van der Waals surface area (Å²) in [6, 6.07) is 20.7. The highest BCUT2D eigenvalue weighted by Gasteiger charge is 2.26. The van der Waals surface area contributed by atoms with Crippen LogP contribution in [0.5, 0.6) is 0 Å². The minimum Gasteiger partial charge on any atom is -0.451 e. The predicted molar refractivity (Wildman–Crippen MR) is 128 cm³/mol. The summed E-state index contributed by atoms with van der Waals surface area (Å²) < 4.78 is 12.5. The third-order valence-electron chi connectivity index (χ3n) is 5.88. The van der Waals surface area contributed by atoms with Crippen molar-refractivity contribution in [2.24, 2.45) is 0 Å². The summed E-state index contributed by atoms with van der Waals surface area (Å²) in [5.74, 6) is -0.265. The lowest BCUT2D eigenvalue weighted by Crippen LogP contribution is -2.37. The molecule has 6 heteroatoms. The zero-order valence-corrected chi connectivity index (χ0v) is 19.0. The molecular formula is C26H22BrNO4. The van der Waals surface area contributed by atoms with Gasteiger partial charge in [0.05, 0.1) is 11.5 Å². The molecule has 1 atom stereocenters. The molecule has 0 radical (unpaired) electrons. The van der Waals surface area contributed by atoms with Gasteiger partial charge in [-0.15, -0.1) is 0 Å². The molecule has 1 fully saturated rings. The SMILES string of the molecule is O=C(c1cc(=O)c2cc(Br)ccc2o1)N(Cc1cccc2ccccc12)C[C@H]1CCCO1. The van der Waals surface area contributed by atoms with Crippen molar-refractivity contribution in [2.75, 3.05) is 13.2 Å². The average Bonchev–Trinajstić information content (AvgIpc) is 3.32. The fraction of sp³-hybridized carbons (Fsp3) is 0.231. The molecular weight excluding hydrogens is 470 g/mol. The van der Waals surface area contributed by atoms with Crippen LogP contribution in [0.25, 0.3) is 21.7 Å². The first kappa shape index (κ1) is 20.9. The number of halogens is 1. The largest absolute Gasteiger partial charge is 0.451 e. The second-order valence-electron chi connectivity index (χ2n) is 8.07. The van der Waals surface area contributed by atoms with Crippen molar-refractivity contribution in [1.82, 2.24) is 4.90 Å². The van der Waals surface area contributed by atoms with Crippen LogP contribution in [0.4, 0.5) is 0 Å². The van der Waals surface area contributed by atoms with Crippen LogP contribution < -0.4 is 5.43 Å². The Bertz CT molecular complexity index is 1350. The standard InChI is InChI=1S/C26H22BrNO4/c27-19-10-11-24-22(13-19)23(29)14-25(32-24)26(30)28(16-20-8-4-12-31-20)15-18-7-3-6-17-5-1-2-9-21(17)18/h1-3,5-7,9-11,13-14,20H,4,8,12,15-16H2/t20-/m1/s1. The number of hydrogen-bond acceptors (Lipinski definition) is 4. The Hall–Kier alpha value is -2.96. The van der Waals surface area contributed by atoms with Crippen LogP contribution in [0.1, 0.15) is 29.0 Å². The Morgan fingerprint density at radius 1 is 1.03 bits per heavy atom. The third kappa shape index (κ3) is 4.20. The highest BCUT2D eigenvalue weighted by Crippen LogP contribution is 2.24. The van der Waals surface area contributed by atoms with Gasteiger partial charge in [-0.05, 0) is 47.4 Å². The number of benzene rings is 3. The predicted octanol–water partition coefficient (Wildman–Crippen LogP) is 5.53. The van der Waals surface area contributed by atoms with Crippen LogP contribution in [-0.2, 0) is 11.3 Å². The van der Waals surface area contributed by atoms with Crippen molar-refractivity contribution in [3.05, 3.63) is 92.7 Å². The molecule has 162 valence electrons. The lowest BCUT2D eigenvalue weighted by atomic mass is 10.0. The maximum atomic E-state index is 13.6. The molecule has 2 heterocycles. The zero-order valence-electron chi connectivity index (χ0n) is 17.4. The fourth-order valence-electron chi connectivity index (χ4n) is 4.28. The molecule has 0 bridgehead atoms. The van der Waals surface area contributed by atoms with E-state index in [1.165, 1.54) is 6.07 Å². The normalized spacial score (nSPS) is 16.0. The Kier molecular flexibility index (Phi) is 5.81. The van der Waals surface area contributed by atoms with E-state index in [4.69, 9.17) is 9.15 Å². The number of amides is 1. The van der Waals surface area contributed by atoms with Gasteiger partial charge in [0.1, 0.15) is 5.58 Å². The third-order valence-corrected chi connectivity index (χ3v) is 6.37. The molecule has 1 aliphatic heterocycles. The molecule has 1 aliphatic rings. The van der Waals surface area contributed by atoms with Gasteiger partial charge in [-0.1, -0.05) is 58.4 Å². The smallest absolute Gasteiger partial charge is 0.290 e. The summed E-state index contributed by atoms with van der Waals surface area (Å²) in [4.78, 5) is 28.0. The molecule has 1 amide bonds. The van der Waals surface area contributed by atoms with E-state index in [-0.39, 0.29) is 23.2 Å². The monoisotopic (exact) mass is 491 g/mol. The van der Waals surface area contributed by atoms with Gasteiger partial charge >= 0.3 is 0 Å². The number of carbonyl (C=O) groups is 1. The molecule has 1 aromatic heterocycles. The first-order valence-corrected chi connectivity index (χ1v) is 11.5. The maximum absolute atomic E-state index is 13.6. The number of hydrogen-bond donors (Lipinski definition) is 0. The van der Waals surface area contributed by atoms with E-state index in [1.54, 1.807) is 23.1 Å². The van der Waals surface area contributed by atoms with E-state index in [1.807, 2.05) is 24.3 Å². The first-order valence-electron chi connectivity index (χ1n) is 10.7. The number of carbonyl (C=O) groups excluding carboxylic acids is 1. The average molecular weight is 492 g/mol. The lowest BCUT2D eigenvalue weighted by Gasteiger charge is -2.25. The van der Waals surface area contributed by atoms with E-state index < -0.39 is 0 Å². The van der Waals surface area contributed by atoms with E-state index in [2.05, 4.69) is 34.1 Å². The van der Waals surface area contributed by atoms with E-state index >= 15 is 0 Å². The molecule has 0 aliphatic carbocycles. The van der Waals surface area contributed by atoms with Crippen LogP contribution in [0.2, 0.25) is 0 Å². The molecule has 5 rings (SSSR count). The van der Waals surface area contributed by atoms with Crippen LogP contribution in [0.15, 0.2) is 80.4 Å². The van der Waals surface area contributed by atoms with Crippen LogP contribution >= 0.6 is 15.9 Å². The van der Waals surface area contributed by atoms with Crippen molar-refractivity contribution < 1.29 is 13.9 Å². The summed E-state index contributed by atoms with van der Waals surface area (Å²) in [5, 5.41) is 2.66. The number of fused-ring (bicyclic) bond motifs is 2. The fourth-order valence-corrected chi connectivity index (χ4v) is 4.64. The van der Waals surface area contributed by atoms with Gasteiger partial charge in [0.25, 0.3) is 5.91 Å². The molecule has 0 N–H and O–H groups in total. The number of ether oxygens (including phenoxy) is 1. The van der Waals surface area contributed by atoms with Crippen molar-refractivity contribution in [3.8, 4) is 0 Å². The highest BCUT2D eigenvalue weighted by molar-refractivity contribution is 9.10. The van der Waals surface area contributed by atoms with E-state index in [0.717, 1.165) is 33.7 Å². The van der Waals surface area contributed by atoms with Crippen LogP contribution in [0.3, 0.4) is 0 Å². The number of rotatable bonds is 5. The Morgan fingerprint density at radius 3 is 2.72 bits per heavy atom. The molecule has 0 spiro atoms. The molecule has 32 heavy (non-hydrogen) atoms. The molecule has 3 aromatic carbocycles. The molecule has 4 aromatic rings. The minimum atomic E-state index is -0.310. The Morgan fingerprint density at radius 2 is 1.88 bits per heavy atom. The second-order valence-corrected chi connectivity index (χ2v) is 8.99. The second kappa shape index (κ2) is 8.88. The summed E-state index contributed by atoms with van der Waals surface area (Å²) in [7, 11) is 0. The van der Waals surface area contributed by atoms with Gasteiger partial charge in [-0.2, -0.15) is 0 Å². The van der Waals surface area contributed by atoms with Gasteiger partial charge < -0.3 is 14.1 Å². The van der Waals surface area contributed by atoms with Crippen molar-refractivity contribution in [2.45, 2.75) is 25.5 Å². The lowest BCUT2D eigenvalue weighted by molar-refractivity contribution is 0.0485. The van der Waals surface area contributed by atoms with Crippen LogP contribution in [0, 0.1) is 0 Å². The van der Waals surface area contributed by atoms with Gasteiger partial charge in [-0.3, -0.25) is 9.59 Å². The topological polar surface area (TPSA) is 59.8 Å². The molecule has 0 saturated carbocycles. The highest BCUT2D eigenvalue weighted by atomic mass is 79.9. The van der Waals surface area contributed by atoms with Gasteiger partial charge in [0.2, 0.25) is 0 Å². The molecule has 1 saturated heterocycles. The van der Waals surface area contributed by atoms with E-state index in [0.29, 0.717) is 30.7 Å². The summed E-state index contributed by atoms with van der Waals surface area (Å²) in [6.45, 7) is 1.56. The first-order chi connectivity index (χ1) is 15.6. The summed E-state index contributed by atoms with van der Waals surface area (Å²) >= 11 is 3.37. The zero-order chi connectivity index (χ0) is 22.1. The van der Waals surface area contributed by atoms with Gasteiger partial charge in [-0.25, -0.2) is 0 Å². The Balaban J connectivity index is 1.52. The van der Waals surface area contributed by atoms with Gasteiger partial charge in [0.15, 0.2) is 11.2 Å². The minimum absolute atomic E-state index is 0.0166. The van der Waals surface area contributed by atoms with Crippen molar-refractivity contribution >= 4 is 43.6 Å². The molecule has 5 nitrogen and oxygen atoms in total. The van der Waals surface area contributed by atoms with E-state index in [9.17, 15) is 9.59 Å². The van der Waals surface area contributed by atoms with Crippen molar-refractivity contribution in [1.29, 1.82) is 0 Å². The number of nitrogens with zero attached hydrogens (tertiary/aromatic N) is 1. The van der Waals surface area contributed by atoms with Crippen LogP contribution in [-0.4, -0.2) is 30.1 Å². The Labute approximate surface area is 193 Å². The van der Waals surface area contributed by atoms with Crippen molar-refractivity contribution in [3.63, 3.8) is 0 Å². The molecule has 0 unspecified atom stereocenters. The summed E-state index contributed by atoms with van der Waals surface area (Å²) in [5.41, 5.74) is 1.20. The maximum Gasteiger partial charge on any atom is 0.290 e. The van der Waals surface area contributed by atoms with Gasteiger partial charge in [0, 0.05) is 30.2 Å². The summed E-state index contributed by atoms with van der Waals surface area (Å²) in [6.07, 6.45) is 1.88.